The van der Waals surface area contributed by atoms with Crippen LogP contribution in [0.2, 0.25) is 0 Å². The molecule has 2 aromatic heterocycles. The van der Waals surface area contributed by atoms with E-state index in [1.54, 1.807) is 29.3 Å². The number of nitrogens with zero attached hydrogens (tertiary/aromatic N) is 3. The van der Waals surface area contributed by atoms with E-state index in [1.807, 2.05) is 6.07 Å². The first-order valence-electron chi connectivity index (χ1n) is 11.2. The van der Waals surface area contributed by atoms with Gasteiger partial charge in [0.2, 0.25) is 5.88 Å². The van der Waals surface area contributed by atoms with Crippen molar-refractivity contribution in [2.75, 3.05) is 11.5 Å². The Kier molecular flexibility index (Phi) is 6.74. The second-order valence-electron chi connectivity index (χ2n) is 8.55. The summed E-state index contributed by atoms with van der Waals surface area (Å²) in [6, 6.07) is 9.40. The molecule has 0 spiro atoms. The quantitative estimate of drug-likeness (QED) is 0.368. The minimum Gasteiger partial charge on any atom is -0.478 e. The van der Waals surface area contributed by atoms with Gasteiger partial charge in [0.25, 0.3) is 5.91 Å². The van der Waals surface area contributed by atoms with Crippen LogP contribution in [0.15, 0.2) is 42.6 Å². The number of hydrogen-bond donors (Lipinski definition) is 1. The first-order chi connectivity index (χ1) is 16.0. The number of pyridine rings is 1. The zero-order valence-corrected chi connectivity index (χ0v) is 18.8. The van der Waals surface area contributed by atoms with Crippen molar-refractivity contribution in [2.24, 2.45) is 5.92 Å². The van der Waals surface area contributed by atoms with Gasteiger partial charge < -0.3 is 4.74 Å². The van der Waals surface area contributed by atoms with E-state index in [0.29, 0.717) is 29.8 Å². The van der Waals surface area contributed by atoms with Crippen LogP contribution in [0.1, 0.15) is 66.5 Å². The monoisotopic (exact) mass is 446 g/mol. The number of anilines is 1. The third-order valence-electron chi connectivity index (χ3n) is 5.60. The number of amides is 1. The average molecular weight is 447 g/mol. The molecule has 1 aliphatic heterocycles. The Labute approximate surface area is 193 Å². The van der Waals surface area contributed by atoms with Gasteiger partial charge in [-0.05, 0) is 48.9 Å². The van der Waals surface area contributed by atoms with Crippen LogP contribution in [0.4, 0.5) is 10.1 Å². The minimum atomic E-state index is -0.419. The average Bonchev–Trinajstić information content (AvgIpc) is 3.33. The molecule has 0 fully saturated rings. The normalized spacial score (nSPS) is 15.1. The Hall–Kier alpha value is -3.66. The number of fused-ring (bicyclic) bond motifs is 1. The lowest BCUT2D eigenvalue weighted by atomic mass is 9.95. The summed E-state index contributed by atoms with van der Waals surface area (Å²) >= 11 is 0. The van der Waals surface area contributed by atoms with Crippen LogP contribution >= 0.6 is 0 Å². The van der Waals surface area contributed by atoms with Crippen molar-refractivity contribution < 1.29 is 13.9 Å². The number of hydrogen-bond acceptors (Lipinski definition) is 4. The molecule has 0 bridgehead atoms. The molecular weight excluding hydrogens is 419 g/mol. The summed E-state index contributed by atoms with van der Waals surface area (Å²) in [6.45, 7) is 4.75. The predicted octanol–water partition coefficient (Wildman–Crippen LogP) is 5.07. The molecule has 1 aliphatic rings. The van der Waals surface area contributed by atoms with Crippen molar-refractivity contribution >= 4 is 11.6 Å². The highest BCUT2D eigenvalue weighted by Gasteiger charge is 2.42. The van der Waals surface area contributed by atoms with Gasteiger partial charge in [-0.3, -0.25) is 14.8 Å². The van der Waals surface area contributed by atoms with E-state index < -0.39 is 6.04 Å². The molecule has 1 amide bonds. The SMILES string of the molecule is C#CCCCCOc1ccc(N2C(=O)c3[nH]nc(CC(C)C)c3C2c2ccc(F)cc2)cn1. The van der Waals surface area contributed by atoms with Gasteiger partial charge in [0.15, 0.2) is 0 Å². The predicted molar refractivity (Wildman–Crippen MR) is 125 cm³/mol. The second kappa shape index (κ2) is 9.86. The summed E-state index contributed by atoms with van der Waals surface area (Å²) in [5.74, 6) is 2.96. The number of carbonyl (C=O) groups is 1. The molecule has 6 nitrogen and oxygen atoms in total. The van der Waals surface area contributed by atoms with Crippen LogP contribution in [-0.4, -0.2) is 27.7 Å². The Bertz CT molecular complexity index is 1150. The van der Waals surface area contributed by atoms with Crippen molar-refractivity contribution in [1.29, 1.82) is 0 Å². The Morgan fingerprint density at radius 1 is 1.21 bits per heavy atom. The van der Waals surface area contributed by atoms with Crippen LogP contribution in [0.5, 0.6) is 5.88 Å². The summed E-state index contributed by atoms with van der Waals surface area (Å²) in [7, 11) is 0. The van der Waals surface area contributed by atoms with Crippen LogP contribution in [0.3, 0.4) is 0 Å². The van der Waals surface area contributed by atoms with Gasteiger partial charge in [-0.2, -0.15) is 5.10 Å². The van der Waals surface area contributed by atoms with E-state index in [1.165, 1.54) is 12.1 Å². The number of terminal acetylenes is 1. The number of ether oxygens (including phenoxy) is 1. The topological polar surface area (TPSA) is 71.1 Å². The first-order valence-corrected chi connectivity index (χ1v) is 11.2. The highest BCUT2D eigenvalue weighted by atomic mass is 19.1. The third kappa shape index (κ3) is 4.75. The molecule has 3 aromatic rings. The maximum absolute atomic E-state index is 13.6. The highest BCUT2D eigenvalue weighted by Crippen LogP contribution is 2.42. The van der Waals surface area contributed by atoms with E-state index in [9.17, 15) is 9.18 Å². The van der Waals surface area contributed by atoms with Crippen LogP contribution in [-0.2, 0) is 6.42 Å². The third-order valence-corrected chi connectivity index (χ3v) is 5.60. The maximum atomic E-state index is 13.6. The van der Waals surface area contributed by atoms with Gasteiger partial charge in [0, 0.05) is 18.1 Å². The molecule has 4 rings (SSSR count). The number of rotatable bonds is 9. The molecule has 33 heavy (non-hydrogen) atoms. The Balaban J connectivity index is 1.64. The summed E-state index contributed by atoms with van der Waals surface area (Å²) in [5.41, 5.74) is 3.60. The minimum absolute atomic E-state index is 0.188. The molecule has 3 heterocycles. The summed E-state index contributed by atoms with van der Waals surface area (Å²) < 4.78 is 19.3. The zero-order chi connectivity index (χ0) is 23.4. The number of halogens is 1. The zero-order valence-electron chi connectivity index (χ0n) is 18.8. The van der Waals surface area contributed by atoms with Gasteiger partial charge in [-0.1, -0.05) is 26.0 Å². The lowest BCUT2D eigenvalue weighted by Gasteiger charge is -2.26. The van der Waals surface area contributed by atoms with Gasteiger partial charge in [0.05, 0.1) is 30.2 Å². The first kappa shape index (κ1) is 22.5. The van der Waals surface area contributed by atoms with Gasteiger partial charge >= 0.3 is 0 Å². The second-order valence-corrected chi connectivity index (χ2v) is 8.55. The van der Waals surface area contributed by atoms with E-state index in [0.717, 1.165) is 42.5 Å². The molecule has 7 heteroatoms. The molecule has 1 atom stereocenters. The fourth-order valence-electron chi connectivity index (χ4n) is 4.09. The lowest BCUT2D eigenvalue weighted by molar-refractivity contribution is 0.0988. The van der Waals surface area contributed by atoms with Crippen molar-refractivity contribution in [3.8, 4) is 18.2 Å². The molecule has 170 valence electrons. The summed E-state index contributed by atoms with van der Waals surface area (Å²) in [6.07, 6.45) is 10.1. The molecule has 0 radical (unpaired) electrons. The van der Waals surface area contributed by atoms with Crippen molar-refractivity contribution in [3.63, 3.8) is 0 Å². The van der Waals surface area contributed by atoms with Crippen molar-refractivity contribution in [1.82, 2.24) is 15.2 Å². The molecule has 0 aliphatic carbocycles. The number of aromatic nitrogens is 3. The number of carbonyl (C=O) groups excluding carboxylic acids is 1. The van der Waals surface area contributed by atoms with Gasteiger partial charge in [-0.25, -0.2) is 9.37 Å². The van der Waals surface area contributed by atoms with E-state index in [4.69, 9.17) is 11.2 Å². The van der Waals surface area contributed by atoms with Crippen LogP contribution in [0.25, 0.3) is 0 Å². The smallest absolute Gasteiger partial charge is 0.277 e. The fourth-order valence-corrected chi connectivity index (χ4v) is 4.09. The lowest BCUT2D eigenvalue weighted by Crippen LogP contribution is -2.29. The highest BCUT2D eigenvalue weighted by molar-refractivity contribution is 6.10. The number of aromatic amines is 1. The molecule has 1 aromatic carbocycles. The molecule has 0 saturated carbocycles. The van der Waals surface area contributed by atoms with Crippen molar-refractivity contribution in [3.05, 3.63) is 70.9 Å². The summed E-state index contributed by atoms with van der Waals surface area (Å²) in [5, 5.41) is 7.36. The van der Waals surface area contributed by atoms with Crippen LogP contribution < -0.4 is 9.64 Å². The maximum Gasteiger partial charge on any atom is 0.277 e. The largest absolute Gasteiger partial charge is 0.478 e. The number of nitrogens with one attached hydrogen (secondary N) is 1. The number of benzene rings is 1. The summed E-state index contributed by atoms with van der Waals surface area (Å²) in [4.78, 5) is 19.5. The molecule has 0 saturated heterocycles. The number of H-pyrrole nitrogens is 1. The van der Waals surface area contributed by atoms with E-state index in [-0.39, 0.29) is 11.7 Å². The van der Waals surface area contributed by atoms with Gasteiger partial charge in [-0.15, -0.1) is 12.3 Å². The Morgan fingerprint density at radius 3 is 2.67 bits per heavy atom. The molecule has 1 unspecified atom stereocenters. The van der Waals surface area contributed by atoms with Crippen molar-refractivity contribution in [2.45, 2.75) is 45.6 Å². The fraction of sp³-hybridized carbons (Fsp3) is 0.346. The Morgan fingerprint density at radius 2 is 2.00 bits per heavy atom. The molecular formula is C26H27FN4O2. The number of unbranched alkanes of at least 4 members (excludes halogenated alkanes) is 2. The molecule has 1 N–H and O–H groups in total. The van der Waals surface area contributed by atoms with E-state index >= 15 is 0 Å². The van der Waals surface area contributed by atoms with Crippen LogP contribution in [0, 0.1) is 24.1 Å². The standard InChI is InChI=1S/C26H27FN4O2/c1-4-5-6-7-14-33-22-13-12-20(16-28-22)31-25(18-8-10-19(27)11-9-18)23-21(15-17(2)3)29-30-24(23)26(31)32/h1,8-13,16-17,25H,5-7,14-15H2,2-3H3,(H,29,30). The van der Waals surface area contributed by atoms with E-state index in [2.05, 4.69) is 34.9 Å². The van der Waals surface area contributed by atoms with Gasteiger partial charge in [0.1, 0.15) is 11.5 Å².